The van der Waals surface area contributed by atoms with Crippen LogP contribution in [0.1, 0.15) is 29.9 Å². The predicted molar refractivity (Wildman–Crippen MR) is 112 cm³/mol. The first kappa shape index (κ1) is 19.5. The van der Waals surface area contributed by atoms with Gasteiger partial charge in [-0.3, -0.25) is 4.90 Å². The summed E-state index contributed by atoms with van der Waals surface area (Å²) in [6, 6.07) is 18.7. The molecule has 2 aromatic carbocycles. The number of ether oxygens (including phenoxy) is 1. The molecule has 0 bridgehead atoms. The van der Waals surface area contributed by atoms with E-state index in [2.05, 4.69) is 56.6 Å². The van der Waals surface area contributed by atoms with Crippen LogP contribution >= 0.6 is 0 Å². The summed E-state index contributed by atoms with van der Waals surface area (Å²) in [5.74, 6) is 1.76. The molecule has 2 heterocycles. The van der Waals surface area contributed by atoms with Crippen LogP contribution in [0.4, 0.5) is 0 Å². The second-order valence-electron chi connectivity index (χ2n) is 7.42. The Kier molecular flexibility index (Phi) is 6.17. The van der Waals surface area contributed by atoms with Crippen molar-refractivity contribution in [2.75, 3.05) is 39.8 Å². The SMILES string of the molecule is CCOc1ccc([C@@H](c2nnnn2Cc2ccccc2)N2CCN(C)CC2)cc1. The molecule has 0 unspecified atom stereocenters. The number of nitrogens with zero attached hydrogens (tertiary/aromatic N) is 6. The maximum absolute atomic E-state index is 5.63. The number of hydrogen-bond acceptors (Lipinski definition) is 6. The number of piperazine rings is 1. The number of tetrazole rings is 1. The second-order valence-corrected chi connectivity index (χ2v) is 7.42. The average molecular weight is 393 g/mol. The zero-order chi connectivity index (χ0) is 20.1. The van der Waals surface area contributed by atoms with E-state index in [1.807, 2.05) is 41.9 Å². The first-order valence-corrected chi connectivity index (χ1v) is 10.2. The lowest BCUT2D eigenvalue weighted by Crippen LogP contribution is -2.46. The van der Waals surface area contributed by atoms with Crippen LogP contribution < -0.4 is 4.74 Å². The number of aromatic nitrogens is 4. The van der Waals surface area contributed by atoms with E-state index in [0.29, 0.717) is 13.2 Å². The molecule has 7 nitrogen and oxygen atoms in total. The molecular formula is C22H28N6O. The first-order valence-electron chi connectivity index (χ1n) is 10.2. The fourth-order valence-electron chi connectivity index (χ4n) is 3.79. The minimum Gasteiger partial charge on any atom is -0.494 e. The molecule has 0 spiro atoms. The first-order chi connectivity index (χ1) is 14.2. The van der Waals surface area contributed by atoms with Crippen molar-refractivity contribution in [1.82, 2.24) is 30.0 Å². The molecule has 3 aromatic rings. The normalized spacial score (nSPS) is 16.6. The van der Waals surface area contributed by atoms with Crippen LogP contribution in [-0.2, 0) is 6.54 Å². The van der Waals surface area contributed by atoms with E-state index in [1.165, 1.54) is 11.1 Å². The van der Waals surface area contributed by atoms with Gasteiger partial charge in [0.1, 0.15) is 5.75 Å². The molecule has 1 aliphatic rings. The van der Waals surface area contributed by atoms with Crippen LogP contribution in [-0.4, -0.2) is 69.8 Å². The van der Waals surface area contributed by atoms with Crippen LogP contribution in [0.25, 0.3) is 0 Å². The Morgan fingerprint density at radius 3 is 2.38 bits per heavy atom. The molecule has 0 aliphatic carbocycles. The molecule has 1 fully saturated rings. The quantitative estimate of drug-likeness (QED) is 0.616. The Balaban J connectivity index is 1.66. The van der Waals surface area contributed by atoms with Crippen molar-refractivity contribution in [3.05, 3.63) is 71.5 Å². The molecule has 152 valence electrons. The Labute approximate surface area is 171 Å². The highest BCUT2D eigenvalue weighted by Gasteiger charge is 2.30. The van der Waals surface area contributed by atoms with Crippen molar-refractivity contribution in [1.29, 1.82) is 0 Å². The van der Waals surface area contributed by atoms with Crippen molar-refractivity contribution < 1.29 is 4.74 Å². The van der Waals surface area contributed by atoms with Gasteiger partial charge in [0.25, 0.3) is 0 Å². The van der Waals surface area contributed by atoms with Gasteiger partial charge in [0.2, 0.25) is 0 Å². The smallest absolute Gasteiger partial charge is 0.173 e. The Bertz CT molecular complexity index is 887. The van der Waals surface area contributed by atoms with E-state index in [0.717, 1.165) is 37.8 Å². The minimum absolute atomic E-state index is 0.0121. The Morgan fingerprint density at radius 1 is 0.966 bits per heavy atom. The summed E-state index contributed by atoms with van der Waals surface area (Å²) in [7, 11) is 2.17. The van der Waals surface area contributed by atoms with Crippen molar-refractivity contribution in [2.45, 2.75) is 19.5 Å². The van der Waals surface area contributed by atoms with E-state index in [4.69, 9.17) is 4.74 Å². The van der Waals surface area contributed by atoms with E-state index < -0.39 is 0 Å². The van der Waals surface area contributed by atoms with Crippen molar-refractivity contribution in [3.8, 4) is 5.75 Å². The third-order valence-corrected chi connectivity index (χ3v) is 5.39. The lowest BCUT2D eigenvalue weighted by atomic mass is 10.0. The van der Waals surface area contributed by atoms with E-state index in [1.54, 1.807) is 0 Å². The van der Waals surface area contributed by atoms with Crippen LogP contribution in [0, 0.1) is 0 Å². The summed E-state index contributed by atoms with van der Waals surface area (Å²) in [6.45, 7) is 7.35. The summed E-state index contributed by atoms with van der Waals surface area (Å²) in [4.78, 5) is 4.83. The average Bonchev–Trinajstić information content (AvgIpc) is 3.19. The third kappa shape index (κ3) is 4.63. The maximum atomic E-state index is 5.63. The van der Waals surface area contributed by atoms with Gasteiger partial charge in [-0.25, -0.2) is 4.68 Å². The van der Waals surface area contributed by atoms with Gasteiger partial charge in [-0.1, -0.05) is 42.5 Å². The number of hydrogen-bond donors (Lipinski definition) is 0. The molecule has 1 aromatic heterocycles. The Hall–Kier alpha value is -2.77. The summed E-state index contributed by atoms with van der Waals surface area (Å²) >= 11 is 0. The molecule has 0 N–H and O–H groups in total. The Morgan fingerprint density at radius 2 is 1.69 bits per heavy atom. The van der Waals surface area contributed by atoms with Gasteiger partial charge in [-0.15, -0.1) is 5.10 Å². The summed E-state index contributed by atoms with van der Waals surface area (Å²) in [6.07, 6.45) is 0. The maximum Gasteiger partial charge on any atom is 0.173 e. The predicted octanol–water partition coefficient (Wildman–Crippen LogP) is 2.46. The third-order valence-electron chi connectivity index (χ3n) is 5.39. The standard InChI is InChI=1S/C22H28N6O/c1-3-29-20-11-9-19(10-12-20)21(27-15-13-26(2)14-16-27)22-23-24-25-28(22)17-18-7-5-4-6-8-18/h4-12,21H,3,13-17H2,1-2H3/t21-/m0/s1. The van der Waals surface area contributed by atoms with Crippen LogP contribution in [0.5, 0.6) is 5.75 Å². The van der Waals surface area contributed by atoms with Crippen molar-refractivity contribution in [2.24, 2.45) is 0 Å². The zero-order valence-electron chi connectivity index (χ0n) is 17.1. The monoisotopic (exact) mass is 392 g/mol. The van der Waals surface area contributed by atoms with Gasteiger partial charge in [0.15, 0.2) is 5.82 Å². The van der Waals surface area contributed by atoms with E-state index in [9.17, 15) is 0 Å². The van der Waals surface area contributed by atoms with Gasteiger partial charge in [0, 0.05) is 26.2 Å². The molecule has 1 atom stereocenters. The van der Waals surface area contributed by atoms with Gasteiger partial charge in [-0.05, 0) is 47.7 Å². The van der Waals surface area contributed by atoms with E-state index >= 15 is 0 Å². The molecule has 4 rings (SSSR count). The largest absolute Gasteiger partial charge is 0.494 e. The summed E-state index contributed by atoms with van der Waals surface area (Å²) < 4.78 is 7.55. The second kappa shape index (κ2) is 9.15. The topological polar surface area (TPSA) is 59.3 Å². The molecule has 7 heteroatoms. The van der Waals surface area contributed by atoms with Gasteiger partial charge >= 0.3 is 0 Å². The molecule has 1 saturated heterocycles. The molecule has 0 radical (unpaired) electrons. The van der Waals surface area contributed by atoms with Crippen LogP contribution in [0.2, 0.25) is 0 Å². The number of likely N-dealkylation sites (N-methyl/N-ethyl adjacent to an activating group) is 1. The minimum atomic E-state index is 0.0121. The van der Waals surface area contributed by atoms with Crippen LogP contribution in [0.15, 0.2) is 54.6 Å². The molecular weight excluding hydrogens is 364 g/mol. The fourth-order valence-corrected chi connectivity index (χ4v) is 3.79. The van der Waals surface area contributed by atoms with Gasteiger partial charge in [-0.2, -0.15) is 0 Å². The van der Waals surface area contributed by atoms with E-state index in [-0.39, 0.29) is 6.04 Å². The summed E-state index contributed by atoms with van der Waals surface area (Å²) in [5.41, 5.74) is 2.37. The highest BCUT2D eigenvalue weighted by molar-refractivity contribution is 5.32. The van der Waals surface area contributed by atoms with Crippen molar-refractivity contribution in [3.63, 3.8) is 0 Å². The van der Waals surface area contributed by atoms with Crippen LogP contribution in [0.3, 0.4) is 0 Å². The number of rotatable bonds is 7. The van der Waals surface area contributed by atoms with Gasteiger partial charge < -0.3 is 9.64 Å². The molecule has 1 aliphatic heterocycles. The lowest BCUT2D eigenvalue weighted by molar-refractivity contribution is 0.121. The fraction of sp³-hybridized carbons (Fsp3) is 0.409. The van der Waals surface area contributed by atoms with Gasteiger partial charge in [0.05, 0.1) is 19.2 Å². The zero-order valence-corrected chi connectivity index (χ0v) is 17.1. The molecule has 0 saturated carbocycles. The number of benzene rings is 2. The highest BCUT2D eigenvalue weighted by Crippen LogP contribution is 2.29. The lowest BCUT2D eigenvalue weighted by Gasteiger charge is -2.37. The highest BCUT2D eigenvalue weighted by atomic mass is 16.5. The summed E-state index contributed by atoms with van der Waals surface area (Å²) in [5, 5.41) is 12.8. The van der Waals surface area contributed by atoms with Crippen molar-refractivity contribution >= 4 is 0 Å². The molecule has 29 heavy (non-hydrogen) atoms. The molecule has 0 amide bonds.